The van der Waals surface area contributed by atoms with E-state index in [9.17, 15) is 0 Å². The monoisotopic (exact) mass is 377 g/mol. The summed E-state index contributed by atoms with van der Waals surface area (Å²) in [6, 6.07) is 16.0. The van der Waals surface area contributed by atoms with E-state index in [1.165, 1.54) is 5.56 Å². The Hall–Kier alpha value is -2.99. The second-order valence-electron chi connectivity index (χ2n) is 6.14. The van der Waals surface area contributed by atoms with Crippen LogP contribution >= 0.6 is 11.3 Å². The summed E-state index contributed by atoms with van der Waals surface area (Å²) in [4.78, 5) is 9.19. The summed E-state index contributed by atoms with van der Waals surface area (Å²) in [6.07, 6.45) is 0.528. The van der Waals surface area contributed by atoms with Gasteiger partial charge in [-0.3, -0.25) is 0 Å². The van der Waals surface area contributed by atoms with Crippen molar-refractivity contribution in [3.63, 3.8) is 0 Å². The fourth-order valence-electron chi connectivity index (χ4n) is 2.69. The van der Waals surface area contributed by atoms with Crippen LogP contribution in [-0.2, 0) is 6.42 Å². The van der Waals surface area contributed by atoms with Crippen molar-refractivity contribution in [2.45, 2.75) is 20.3 Å². The summed E-state index contributed by atoms with van der Waals surface area (Å²) in [5, 5.41) is 7.09. The number of aryl methyl sites for hydroxylation is 1. The van der Waals surface area contributed by atoms with Gasteiger partial charge in [-0.2, -0.15) is 4.98 Å². The third kappa shape index (κ3) is 4.06. The lowest BCUT2D eigenvalue weighted by atomic mass is 10.1. The van der Waals surface area contributed by atoms with Crippen LogP contribution < -0.4 is 4.74 Å². The third-order valence-corrected chi connectivity index (χ3v) is 4.94. The fourth-order valence-corrected chi connectivity index (χ4v) is 3.48. The highest BCUT2D eigenvalue weighted by molar-refractivity contribution is 7.10. The van der Waals surface area contributed by atoms with Gasteiger partial charge < -0.3 is 9.26 Å². The predicted octanol–water partition coefficient (Wildman–Crippen LogP) is 5.16. The van der Waals surface area contributed by atoms with Gasteiger partial charge in [-0.05, 0) is 38.1 Å². The van der Waals surface area contributed by atoms with Crippen LogP contribution in [0.15, 0.2) is 58.4 Å². The smallest absolute Gasteiger partial charge is 0.233 e. The van der Waals surface area contributed by atoms with Gasteiger partial charge in [0, 0.05) is 16.5 Å². The maximum Gasteiger partial charge on any atom is 0.233 e. The maximum atomic E-state index is 5.46. The molecule has 4 aromatic rings. The molecule has 0 aliphatic carbocycles. The Bertz CT molecular complexity index is 1020. The molecule has 0 unspecified atom stereocenters. The Morgan fingerprint density at radius 2 is 1.70 bits per heavy atom. The lowest BCUT2D eigenvalue weighted by Crippen LogP contribution is -1.91. The average molecular weight is 377 g/mol. The van der Waals surface area contributed by atoms with Gasteiger partial charge >= 0.3 is 0 Å². The van der Waals surface area contributed by atoms with Crippen molar-refractivity contribution in [1.29, 1.82) is 0 Å². The number of rotatable bonds is 6. The van der Waals surface area contributed by atoms with Crippen molar-refractivity contribution in [2.75, 3.05) is 6.61 Å². The molecule has 0 aliphatic rings. The average Bonchev–Trinajstić information content (AvgIpc) is 3.34. The highest BCUT2D eigenvalue weighted by atomic mass is 32.1. The number of hydrogen-bond acceptors (Lipinski definition) is 6. The zero-order valence-corrected chi connectivity index (χ0v) is 16.0. The van der Waals surface area contributed by atoms with E-state index in [1.54, 1.807) is 11.3 Å². The second-order valence-corrected chi connectivity index (χ2v) is 7.08. The van der Waals surface area contributed by atoms with Crippen LogP contribution in [0.1, 0.15) is 23.4 Å². The molecule has 27 heavy (non-hydrogen) atoms. The first-order valence-corrected chi connectivity index (χ1v) is 9.66. The highest BCUT2D eigenvalue weighted by Crippen LogP contribution is 2.25. The van der Waals surface area contributed by atoms with Gasteiger partial charge in [0.25, 0.3) is 0 Å². The normalized spacial score (nSPS) is 10.9. The van der Waals surface area contributed by atoms with Crippen LogP contribution in [0.4, 0.5) is 0 Å². The molecule has 2 aromatic carbocycles. The summed E-state index contributed by atoms with van der Waals surface area (Å²) >= 11 is 1.60. The number of benzene rings is 2. The first-order chi connectivity index (χ1) is 13.2. The number of nitrogens with zero attached hydrogens (tertiary/aromatic N) is 3. The van der Waals surface area contributed by atoms with Crippen molar-refractivity contribution in [3.8, 4) is 28.4 Å². The zero-order chi connectivity index (χ0) is 18.6. The lowest BCUT2D eigenvalue weighted by molar-refractivity contribution is 0.340. The molecular weight excluding hydrogens is 358 g/mol. The molecule has 6 heteroatoms. The quantitative estimate of drug-likeness (QED) is 0.464. The van der Waals surface area contributed by atoms with E-state index in [-0.39, 0.29) is 0 Å². The predicted molar refractivity (Wildman–Crippen MR) is 106 cm³/mol. The minimum Gasteiger partial charge on any atom is -0.494 e. The SMILES string of the molecule is CCOc1ccc(-c2noc(Cc3nc(-c4ccc(C)cc4)cs3)n2)cc1. The fraction of sp³-hybridized carbons (Fsp3) is 0.190. The van der Waals surface area contributed by atoms with Crippen molar-refractivity contribution >= 4 is 11.3 Å². The topological polar surface area (TPSA) is 61.0 Å². The second kappa shape index (κ2) is 7.72. The third-order valence-electron chi connectivity index (χ3n) is 4.09. The lowest BCUT2D eigenvalue weighted by Gasteiger charge is -2.02. The largest absolute Gasteiger partial charge is 0.494 e. The van der Waals surface area contributed by atoms with E-state index in [1.807, 2.05) is 31.2 Å². The summed E-state index contributed by atoms with van der Waals surface area (Å²) < 4.78 is 10.9. The molecule has 0 bridgehead atoms. The first-order valence-electron chi connectivity index (χ1n) is 8.78. The number of hydrogen-bond donors (Lipinski definition) is 0. The van der Waals surface area contributed by atoms with Crippen LogP contribution in [-0.4, -0.2) is 21.7 Å². The van der Waals surface area contributed by atoms with Gasteiger partial charge in [-0.25, -0.2) is 4.98 Å². The Balaban J connectivity index is 1.47. The summed E-state index contributed by atoms with van der Waals surface area (Å²) in [5.41, 5.74) is 4.22. The molecule has 0 amide bonds. The molecule has 0 aliphatic heterocycles. The van der Waals surface area contributed by atoms with Crippen molar-refractivity contribution in [3.05, 3.63) is 70.4 Å². The summed E-state index contributed by atoms with van der Waals surface area (Å²) in [6.45, 7) is 4.68. The molecule has 0 spiro atoms. The Morgan fingerprint density at radius 1 is 0.963 bits per heavy atom. The van der Waals surface area contributed by atoms with Gasteiger partial charge in [-0.15, -0.1) is 11.3 Å². The molecule has 5 nitrogen and oxygen atoms in total. The van der Waals surface area contributed by atoms with Crippen LogP contribution in [0.25, 0.3) is 22.6 Å². The van der Waals surface area contributed by atoms with Crippen LogP contribution in [0.2, 0.25) is 0 Å². The Morgan fingerprint density at radius 3 is 2.44 bits per heavy atom. The van der Waals surface area contributed by atoms with Crippen LogP contribution in [0.3, 0.4) is 0 Å². The molecule has 0 radical (unpaired) electrons. The van der Waals surface area contributed by atoms with Crippen molar-refractivity contribution in [1.82, 2.24) is 15.1 Å². The van der Waals surface area contributed by atoms with Gasteiger partial charge in [0.1, 0.15) is 10.8 Å². The van der Waals surface area contributed by atoms with Gasteiger partial charge in [0.05, 0.1) is 18.7 Å². The molecule has 0 saturated carbocycles. The molecule has 0 fully saturated rings. The number of aromatic nitrogens is 3. The molecular formula is C21H19N3O2S. The maximum absolute atomic E-state index is 5.46. The van der Waals surface area contributed by atoms with Crippen molar-refractivity contribution in [2.24, 2.45) is 0 Å². The molecule has 0 saturated heterocycles. The minimum atomic E-state index is 0.528. The van der Waals surface area contributed by atoms with E-state index in [2.05, 4.69) is 46.7 Å². The highest BCUT2D eigenvalue weighted by Gasteiger charge is 2.12. The summed E-state index contributed by atoms with van der Waals surface area (Å²) in [7, 11) is 0. The minimum absolute atomic E-state index is 0.528. The van der Waals surface area contributed by atoms with E-state index < -0.39 is 0 Å². The van der Waals surface area contributed by atoms with Crippen molar-refractivity contribution < 1.29 is 9.26 Å². The van der Waals surface area contributed by atoms with Gasteiger partial charge in [0.2, 0.25) is 11.7 Å². The first kappa shape index (κ1) is 17.4. The van der Waals surface area contributed by atoms with Crippen LogP contribution in [0, 0.1) is 6.92 Å². The Labute approximate surface area is 161 Å². The number of ether oxygens (including phenoxy) is 1. The molecule has 0 atom stereocenters. The molecule has 136 valence electrons. The summed E-state index contributed by atoms with van der Waals surface area (Å²) in [5.74, 6) is 1.96. The van der Waals surface area contributed by atoms with E-state index in [0.29, 0.717) is 24.7 Å². The number of thiazole rings is 1. The molecule has 4 rings (SSSR count). The molecule has 2 aromatic heterocycles. The van der Waals surface area contributed by atoms with E-state index in [0.717, 1.165) is 27.6 Å². The Kier molecular flexibility index (Phi) is 4.98. The van der Waals surface area contributed by atoms with E-state index in [4.69, 9.17) is 14.2 Å². The molecule has 2 heterocycles. The zero-order valence-electron chi connectivity index (χ0n) is 15.2. The molecule has 0 N–H and O–H groups in total. The van der Waals surface area contributed by atoms with Gasteiger partial charge in [0.15, 0.2) is 0 Å². The van der Waals surface area contributed by atoms with Gasteiger partial charge in [-0.1, -0.05) is 35.0 Å². The van der Waals surface area contributed by atoms with Crippen LogP contribution in [0.5, 0.6) is 5.75 Å². The van der Waals surface area contributed by atoms with E-state index >= 15 is 0 Å². The standard InChI is InChI=1S/C21H19N3O2S/c1-3-25-17-10-8-16(9-11-17)21-23-19(26-24-21)12-20-22-18(13-27-20)15-6-4-14(2)5-7-15/h4-11,13H,3,12H2,1-2H3.